The lowest BCUT2D eigenvalue weighted by atomic mass is 9.80. The number of hydrogen-bond donors (Lipinski definition) is 2. The third-order valence-electron chi connectivity index (χ3n) is 7.77. The van der Waals surface area contributed by atoms with Gasteiger partial charge in [0.25, 0.3) is 11.8 Å². The fourth-order valence-corrected chi connectivity index (χ4v) is 5.72. The predicted molar refractivity (Wildman–Crippen MR) is 167 cm³/mol. The minimum absolute atomic E-state index is 0.148. The van der Waals surface area contributed by atoms with E-state index in [2.05, 4.69) is 26.6 Å². The second kappa shape index (κ2) is 13.1. The number of hydrogen-bond acceptors (Lipinski definition) is 4. The molecule has 1 aliphatic rings. The van der Waals surface area contributed by atoms with Gasteiger partial charge in [0.2, 0.25) is 5.91 Å². The van der Waals surface area contributed by atoms with E-state index in [4.69, 9.17) is 5.10 Å². The summed E-state index contributed by atoms with van der Waals surface area (Å²) in [6.45, 7) is 5.29. The number of halogens is 5. The topological polar surface area (TPSA) is 96.3 Å². The van der Waals surface area contributed by atoms with Crippen molar-refractivity contribution in [2.24, 2.45) is 0 Å². The summed E-state index contributed by atoms with van der Waals surface area (Å²) in [5.41, 5.74) is 0.636. The third kappa shape index (κ3) is 6.41. The largest absolute Gasteiger partial charge is 0.416 e. The van der Waals surface area contributed by atoms with Gasteiger partial charge in [-0.1, -0.05) is 52.3 Å². The number of anilines is 1. The number of amides is 3. The van der Waals surface area contributed by atoms with E-state index < -0.39 is 52.2 Å². The second-order valence-corrected chi connectivity index (χ2v) is 12.2. The highest BCUT2D eigenvalue weighted by Crippen LogP contribution is 2.45. The summed E-state index contributed by atoms with van der Waals surface area (Å²) in [5, 5.41) is 10.5. The van der Waals surface area contributed by atoms with Crippen molar-refractivity contribution in [1.82, 2.24) is 20.4 Å². The Kier molecular flexibility index (Phi) is 9.34. The van der Waals surface area contributed by atoms with E-state index in [1.165, 1.54) is 35.2 Å². The van der Waals surface area contributed by atoms with Gasteiger partial charge in [0.1, 0.15) is 17.7 Å². The molecule has 1 aromatic heterocycles. The average molecular weight is 701 g/mol. The lowest BCUT2D eigenvalue weighted by Gasteiger charge is -2.39. The summed E-state index contributed by atoms with van der Waals surface area (Å²) in [5.74, 6) is -2.86. The zero-order valence-corrected chi connectivity index (χ0v) is 26.6. The fraction of sp³-hybridized carbons (Fsp3) is 0.273. The molecule has 0 unspecified atom stereocenters. The van der Waals surface area contributed by atoms with Crippen LogP contribution in [0.25, 0.3) is 5.69 Å². The Morgan fingerprint density at radius 1 is 1.00 bits per heavy atom. The number of benzene rings is 3. The zero-order chi connectivity index (χ0) is 33.3. The molecule has 0 saturated heterocycles. The molecule has 240 valence electrons. The summed E-state index contributed by atoms with van der Waals surface area (Å²) in [6, 6.07) is 16.3. The molecule has 2 heterocycles. The maximum absolute atomic E-state index is 14.3. The molecule has 4 atom stereocenters. The fourth-order valence-electron chi connectivity index (χ4n) is 5.58. The molecule has 3 amide bonds. The molecule has 3 aromatic carbocycles. The third-order valence-corrected chi connectivity index (χ3v) is 8.19. The molecular weight excluding hydrogens is 670 g/mol. The van der Waals surface area contributed by atoms with Crippen LogP contribution in [0.2, 0.25) is 0 Å². The molecule has 0 radical (unpaired) electrons. The maximum atomic E-state index is 14.3. The molecule has 46 heavy (non-hydrogen) atoms. The number of alkyl halides is 4. The van der Waals surface area contributed by atoms with Gasteiger partial charge in [-0.3, -0.25) is 19.3 Å². The standard InChI is InChI=1S/C33H30BrF4N5O3/c1-4-42-31-26(27(19(3)39-29(44)18(2)34)41-43(31)24-11-6-5-7-12-24)25(20-13-15-23(35)16-14-20)28(32(42)46)40-30(45)21-9-8-10-22(17-21)33(36,37)38/h5-19,25,28H,4H2,1-3H3,(H,39,44)(H,40,45)/t18-,19+,25-,28-/m0/s1. The van der Waals surface area contributed by atoms with Gasteiger partial charge >= 0.3 is 6.18 Å². The Balaban J connectivity index is 1.73. The monoisotopic (exact) mass is 699 g/mol. The van der Waals surface area contributed by atoms with Gasteiger partial charge in [0, 0.05) is 23.6 Å². The van der Waals surface area contributed by atoms with Gasteiger partial charge in [-0.05, 0) is 68.8 Å². The molecule has 1 aliphatic heterocycles. The van der Waals surface area contributed by atoms with Crippen molar-refractivity contribution in [3.63, 3.8) is 0 Å². The van der Waals surface area contributed by atoms with Crippen LogP contribution in [-0.2, 0) is 15.8 Å². The first-order valence-electron chi connectivity index (χ1n) is 14.5. The van der Waals surface area contributed by atoms with Gasteiger partial charge in [-0.15, -0.1) is 0 Å². The first-order valence-corrected chi connectivity index (χ1v) is 15.4. The van der Waals surface area contributed by atoms with E-state index in [0.717, 1.165) is 18.2 Å². The molecule has 2 N–H and O–H groups in total. The van der Waals surface area contributed by atoms with Crippen molar-refractivity contribution in [1.29, 1.82) is 0 Å². The molecule has 8 nitrogen and oxygen atoms in total. The van der Waals surface area contributed by atoms with Gasteiger partial charge < -0.3 is 10.6 Å². The van der Waals surface area contributed by atoms with Gasteiger partial charge in [0.05, 0.1) is 27.8 Å². The Morgan fingerprint density at radius 2 is 1.67 bits per heavy atom. The highest BCUT2D eigenvalue weighted by atomic mass is 79.9. The first-order chi connectivity index (χ1) is 21.8. The number of aromatic nitrogens is 2. The molecule has 5 rings (SSSR count). The van der Waals surface area contributed by atoms with Crippen molar-refractivity contribution < 1.29 is 31.9 Å². The number of rotatable bonds is 8. The SMILES string of the molecule is CCN1C(=O)[C@@H](NC(=O)c2cccc(C(F)(F)F)c2)[C@@H](c2ccc(F)cc2)c2c([C@@H](C)NC(=O)[C@H](C)Br)nn(-c3ccccc3)c21. The highest BCUT2D eigenvalue weighted by Gasteiger charge is 2.47. The van der Waals surface area contributed by atoms with E-state index in [-0.39, 0.29) is 18.0 Å². The summed E-state index contributed by atoms with van der Waals surface area (Å²) >= 11 is 3.27. The van der Waals surface area contributed by atoms with Crippen LogP contribution in [-0.4, -0.2) is 44.9 Å². The maximum Gasteiger partial charge on any atom is 0.416 e. The number of fused-ring (bicyclic) bond motifs is 1. The number of nitrogens with zero attached hydrogens (tertiary/aromatic N) is 3. The van der Waals surface area contributed by atoms with Crippen molar-refractivity contribution >= 4 is 39.5 Å². The number of carbonyl (C=O) groups excluding carboxylic acids is 3. The molecule has 0 bridgehead atoms. The van der Waals surface area contributed by atoms with E-state index in [1.807, 2.05) is 6.07 Å². The average Bonchev–Trinajstić information content (AvgIpc) is 3.42. The van der Waals surface area contributed by atoms with E-state index in [9.17, 15) is 31.9 Å². The van der Waals surface area contributed by atoms with Gasteiger partial charge in [0.15, 0.2) is 0 Å². The van der Waals surface area contributed by atoms with Crippen LogP contribution in [0.1, 0.15) is 65.5 Å². The Morgan fingerprint density at radius 3 is 2.28 bits per heavy atom. The summed E-state index contributed by atoms with van der Waals surface area (Å²) in [7, 11) is 0. The highest BCUT2D eigenvalue weighted by molar-refractivity contribution is 9.10. The van der Waals surface area contributed by atoms with Crippen LogP contribution in [0, 0.1) is 5.82 Å². The molecule has 4 aromatic rings. The zero-order valence-electron chi connectivity index (χ0n) is 25.0. The van der Waals surface area contributed by atoms with Crippen LogP contribution in [0.4, 0.5) is 23.4 Å². The number of para-hydroxylation sites is 1. The Hall–Kier alpha value is -4.52. The molecule has 0 aliphatic carbocycles. The van der Waals surface area contributed by atoms with E-state index in [0.29, 0.717) is 28.3 Å². The lowest BCUT2D eigenvalue weighted by molar-refractivity contribution is -0.137. The van der Waals surface area contributed by atoms with Crippen molar-refractivity contribution in [2.75, 3.05) is 11.4 Å². The number of likely N-dealkylation sites (N-methyl/N-ethyl adjacent to an activating group) is 1. The van der Waals surface area contributed by atoms with Crippen molar-refractivity contribution in [2.45, 2.75) is 49.8 Å². The summed E-state index contributed by atoms with van der Waals surface area (Å²) in [6.07, 6.45) is -4.68. The minimum Gasteiger partial charge on any atom is -0.347 e. The lowest BCUT2D eigenvalue weighted by Crippen LogP contribution is -2.55. The van der Waals surface area contributed by atoms with Crippen molar-refractivity contribution in [3.05, 3.63) is 113 Å². The second-order valence-electron chi connectivity index (χ2n) is 10.9. The quantitative estimate of drug-likeness (QED) is 0.167. The van der Waals surface area contributed by atoms with Gasteiger partial charge in [-0.2, -0.15) is 18.3 Å². The van der Waals surface area contributed by atoms with Crippen LogP contribution < -0.4 is 15.5 Å². The number of carbonyl (C=O) groups is 3. The molecule has 0 spiro atoms. The van der Waals surface area contributed by atoms with Crippen LogP contribution in [0.15, 0.2) is 78.9 Å². The predicted octanol–water partition coefficient (Wildman–Crippen LogP) is 6.29. The van der Waals surface area contributed by atoms with Gasteiger partial charge in [-0.25, -0.2) is 9.07 Å². The van der Waals surface area contributed by atoms with Crippen LogP contribution in [0.3, 0.4) is 0 Å². The molecule has 0 fully saturated rings. The molecular formula is C33H30BrF4N5O3. The molecule has 0 saturated carbocycles. The van der Waals surface area contributed by atoms with E-state index in [1.54, 1.807) is 49.7 Å². The number of nitrogens with one attached hydrogen (secondary N) is 2. The van der Waals surface area contributed by atoms with E-state index >= 15 is 0 Å². The Labute approximate surface area is 270 Å². The smallest absolute Gasteiger partial charge is 0.347 e. The summed E-state index contributed by atoms with van der Waals surface area (Å²) < 4.78 is 56.1. The molecule has 13 heteroatoms. The van der Waals surface area contributed by atoms with Crippen LogP contribution in [0.5, 0.6) is 0 Å². The van der Waals surface area contributed by atoms with Crippen LogP contribution >= 0.6 is 15.9 Å². The Bertz CT molecular complexity index is 1760. The normalized spacial score (nSPS) is 17.7. The summed E-state index contributed by atoms with van der Waals surface area (Å²) in [4.78, 5) is 41.6. The van der Waals surface area contributed by atoms with Crippen molar-refractivity contribution in [3.8, 4) is 5.69 Å². The minimum atomic E-state index is -4.68. The first kappa shape index (κ1) is 32.9.